The SMILES string of the molecule is CC(C)C[C@H](NC(=O)c1ccc(NCc2ccncc2)cc1-c1cccc2ccccc12)C(=O)O. The highest BCUT2D eigenvalue weighted by molar-refractivity contribution is 6.07. The van der Waals surface area contributed by atoms with E-state index >= 15 is 0 Å². The number of nitrogens with zero attached hydrogens (tertiary/aromatic N) is 1. The molecule has 3 aromatic carbocycles. The third-order valence-corrected chi connectivity index (χ3v) is 5.90. The maximum absolute atomic E-state index is 13.4. The number of anilines is 1. The van der Waals surface area contributed by atoms with Gasteiger partial charge in [-0.3, -0.25) is 9.78 Å². The van der Waals surface area contributed by atoms with Crippen molar-refractivity contribution in [2.45, 2.75) is 32.9 Å². The number of carbonyl (C=O) groups excluding carboxylic acids is 1. The molecule has 0 aliphatic rings. The van der Waals surface area contributed by atoms with Crippen LogP contribution in [0.2, 0.25) is 0 Å². The highest BCUT2D eigenvalue weighted by Gasteiger charge is 2.24. The number of pyridine rings is 1. The molecule has 35 heavy (non-hydrogen) atoms. The Kier molecular flexibility index (Phi) is 7.41. The van der Waals surface area contributed by atoms with Crippen LogP contribution >= 0.6 is 0 Å². The molecule has 0 aliphatic heterocycles. The van der Waals surface area contributed by atoms with Crippen molar-refractivity contribution in [3.63, 3.8) is 0 Å². The molecule has 3 N–H and O–H groups in total. The fourth-order valence-electron chi connectivity index (χ4n) is 4.17. The van der Waals surface area contributed by atoms with Gasteiger partial charge < -0.3 is 15.7 Å². The number of aliphatic carboxylic acids is 1. The fraction of sp³-hybridized carbons (Fsp3) is 0.207. The minimum absolute atomic E-state index is 0.133. The van der Waals surface area contributed by atoms with Crippen molar-refractivity contribution in [1.82, 2.24) is 10.3 Å². The molecule has 1 atom stereocenters. The quantitative estimate of drug-likeness (QED) is 0.292. The van der Waals surface area contributed by atoms with Gasteiger partial charge in [-0.2, -0.15) is 0 Å². The van der Waals surface area contributed by atoms with E-state index in [2.05, 4.69) is 15.6 Å². The molecular formula is C29H29N3O3. The van der Waals surface area contributed by atoms with E-state index in [1.807, 2.05) is 80.6 Å². The Bertz CT molecular complexity index is 1330. The lowest BCUT2D eigenvalue weighted by molar-refractivity contribution is -0.139. The van der Waals surface area contributed by atoms with Crippen LogP contribution in [0.25, 0.3) is 21.9 Å². The molecule has 0 saturated heterocycles. The van der Waals surface area contributed by atoms with Gasteiger partial charge in [-0.05, 0) is 70.1 Å². The molecular weight excluding hydrogens is 438 g/mol. The number of benzene rings is 3. The Morgan fingerprint density at radius 1 is 0.914 bits per heavy atom. The van der Waals surface area contributed by atoms with E-state index in [0.29, 0.717) is 18.5 Å². The molecule has 0 saturated carbocycles. The van der Waals surface area contributed by atoms with Gasteiger partial charge in [-0.25, -0.2) is 4.79 Å². The lowest BCUT2D eigenvalue weighted by Crippen LogP contribution is -2.41. The van der Waals surface area contributed by atoms with Crippen molar-refractivity contribution in [3.8, 4) is 11.1 Å². The molecule has 4 rings (SSSR count). The minimum atomic E-state index is -1.03. The van der Waals surface area contributed by atoms with Crippen LogP contribution in [-0.4, -0.2) is 28.0 Å². The third-order valence-electron chi connectivity index (χ3n) is 5.90. The number of carboxylic acids is 1. The number of hydrogen-bond acceptors (Lipinski definition) is 4. The van der Waals surface area contributed by atoms with E-state index in [4.69, 9.17) is 0 Å². The largest absolute Gasteiger partial charge is 0.480 e. The predicted octanol–water partition coefficient (Wildman–Crippen LogP) is 5.74. The topological polar surface area (TPSA) is 91.3 Å². The monoisotopic (exact) mass is 467 g/mol. The average molecular weight is 468 g/mol. The molecule has 0 spiro atoms. The number of rotatable bonds is 9. The van der Waals surface area contributed by atoms with Gasteiger partial charge in [0.2, 0.25) is 0 Å². The van der Waals surface area contributed by atoms with Gasteiger partial charge in [-0.1, -0.05) is 56.3 Å². The van der Waals surface area contributed by atoms with Crippen LogP contribution in [-0.2, 0) is 11.3 Å². The maximum atomic E-state index is 13.4. The van der Waals surface area contributed by atoms with Crippen molar-refractivity contribution >= 4 is 28.3 Å². The lowest BCUT2D eigenvalue weighted by atomic mass is 9.93. The van der Waals surface area contributed by atoms with E-state index in [-0.39, 0.29) is 5.92 Å². The van der Waals surface area contributed by atoms with E-state index in [9.17, 15) is 14.7 Å². The van der Waals surface area contributed by atoms with Crippen LogP contribution in [0.1, 0.15) is 36.2 Å². The Hall–Kier alpha value is -4.19. The number of nitrogens with one attached hydrogen (secondary N) is 2. The summed E-state index contributed by atoms with van der Waals surface area (Å²) in [4.78, 5) is 29.2. The lowest BCUT2D eigenvalue weighted by Gasteiger charge is -2.19. The van der Waals surface area contributed by atoms with Crippen LogP contribution in [0, 0.1) is 5.92 Å². The van der Waals surface area contributed by atoms with Crippen molar-refractivity contribution in [2.24, 2.45) is 5.92 Å². The third kappa shape index (κ3) is 5.84. The second kappa shape index (κ2) is 10.8. The number of amides is 1. The molecule has 6 heteroatoms. The molecule has 4 aromatic rings. The summed E-state index contributed by atoms with van der Waals surface area (Å²) < 4.78 is 0. The van der Waals surface area contributed by atoms with Crippen LogP contribution < -0.4 is 10.6 Å². The van der Waals surface area contributed by atoms with Gasteiger partial charge in [0, 0.05) is 30.2 Å². The summed E-state index contributed by atoms with van der Waals surface area (Å²) in [6.07, 6.45) is 3.86. The summed E-state index contributed by atoms with van der Waals surface area (Å²) in [5, 5.41) is 17.9. The van der Waals surface area contributed by atoms with E-state index < -0.39 is 17.9 Å². The Labute approximate surface area is 205 Å². The highest BCUT2D eigenvalue weighted by Crippen LogP contribution is 2.33. The van der Waals surface area contributed by atoms with Crippen molar-refractivity contribution in [3.05, 3.63) is 96.3 Å². The van der Waals surface area contributed by atoms with Gasteiger partial charge in [0.25, 0.3) is 5.91 Å². The molecule has 1 aromatic heterocycles. The Morgan fingerprint density at radius 2 is 1.66 bits per heavy atom. The standard InChI is InChI=1S/C29H29N3O3/c1-19(2)16-27(29(34)35)32-28(33)25-11-10-22(31-18-20-12-14-30-15-13-20)17-26(25)24-9-5-7-21-6-3-4-8-23(21)24/h3-15,17,19,27,31H,16,18H2,1-2H3,(H,32,33)(H,34,35)/t27-/m0/s1. The van der Waals surface area contributed by atoms with Gasteiger partial charge in [-0.15, -0.1) is 0 Å². The van der Waals surface area contributed by atoms with Crippen molar-refractivity contribution in [1.29, 1.82) is 0 Å². The molecule has 0 radical (unpaired) electrons. The fourth-order valence-corrected chi connectivity index (χ4v) is 4.17. The molecule has 178 valence electrons. The second-order valence-electron chi connectivity index (χ2n) is 8.99. The first kappa shape index (κ1) is 24.0. The number of aromatic nitrogens is 1. The first-order valence-electron chi connectivity index (χ1n) is 11.7. The first-order chi connectivity index (χ1) is 16.9. The number of fused-ring (bicyclic) bond motifs is 1. The highest BCUT2D eigenvalue weighted by atomic mass is 16.4. The zero-order valence-corrected chi connectivity index (χ0v) is 19.9. The summed E-state index contributed by atoms with van der Waals surface area (Å²) in [6, 6.07) is 22.5. The number of carboxylic acid groups (broad SMARTS) is 1. The van der Waals surface area contributed by atoms with Crippen molar-refractivity contribution in [2.75, 3.05) is 5.32 Å². The van der Waals surface area contributed by atoms with Gasteiger partial charge in [0.1, 0.15) is 6.04 Å². The average Bonchev–Trinajstić information content (AvgIpc) is 2.87. The zero-order chi connectivity index (χ0) is 24.8. The zero-order valence-electron chi connectivity index (χ0n) is 19.9. The first-order valence-corrected chi connectivity index (χ1v) is 11.7. The second-order valence-corrected chi connectivity index (χ2v) is 8.99. The summed E-state index contributed by atoms with van der Waals surface area (Å²) in [5.74, 6) is -1.30. The molecule has 0 unspecified atom stereocenters. The predicted molar refractivity (Wildman–Crippen MR) is 139 cm³/mol. The summed E-state index contributed by atoms with van der Waals surface area (Å²) in [6.45, 7) is 4.48. The van der Waals surface area contributed by atoms with E-state index in [1.54, 1.807) is 18.5 Å². The molecule has 6 nitrogen and oxygen atoms in total. The summed E-state index contributed by atoms with van der Waals surface area (Å²) in [5.41, 5.74) is 4.04. The molecule has 0 bridgehead atoms. The van der Waals surface area contributed by atoms with Crippen LogP contribution in [0.5, 0.6) is 0 Å². The van der Waals surface area contributed by atoms with Crippen LogP contribution in [0.3, 0.4) is 0 Å². The summed E-state index contributed by atoms with van der Waals surface area (Å²) in [7, 11) is 0. The van der Waals surface area contributed by atoms with Gasteiger partial charge >= 0.3 is 5.97 Å². The Morgan fingerprint density at radius 3 is 2.40 bits per heavy atom. The van der Waals surface area contributed by atoms with E-state index in [0.717, 1.165) is 33.2 Å². The molecule has 0 fully saturated rings. The molecule has 1 amide bonds. The maximum Gasteiger partial charge on any atom is 0.326 e. The van der Waals surface area contributed by atoms with Crippen LogP contribution in [0.15, 0.2) is 85.2 Å². The molecule has 0 aliphatic carbocycles. The van der Waals surface area contributed by atoms with Crippen LogP contribution in [0.4, 0.5) is 5.69 Å². The van der Waals surface area contributed by atoms with Gasteiger partial charge in [0.05, 0.1) is 0 Å². The van der Waals surface area contributed by atoms with Crippen molar-refractivity contribution < 1.29 is 14.7 Å². The van der Waals surface area contributed by atoms with E-state index in [1.165, 1.54) is 0 Å². The van der Waals surface area contributed by atoms with Gasteiger partial charge in [0.15, 0.2) is 0 Å². The molecule has 1 heterocycles. The Balaban J connectivity index is 1.74. The summed E-state index contributed by atoms with van der Waals surface area (Å²) >= 11 is 0. The normalized spacial score (nSPS) is 11.9. The minimum Gasteiger partial charge on any atom is -0.480 e. The number of hydrogen-bond donors (Lipinski definition) is 3. The smallest absolute Gasteiger partial charge is 0.326 e. The number of carbonyl (C=O) groups is 2.